The minimum absolute atomic E-state index is 0. The van der Waals surface area contributed by atoms with Crippen molar-refractivity contribution in [3.05, 3.63) is 120 Å². The van der Waals surface area contributed by atoms with Crippen molar-refractivity contribution in [1.29, 1.82) is 0 Å². The van der Waals surface area contributed by atoms with E-state index in [1.165, 1.54) is 0 Å². The molecule has 0 saturated carbocycles. The van der Waals surface area contributed by atoms with Gasteiger partial charge in [-0.05, 0) is 61.5 Å². The van der Waals surface area contributed by atoms with Crippen LogP contribution in [0.4, 0.5) is 0 Å². The number of carbonyl (C=O) groups excluding carboxylic acids is 2. The Morgan fingerprint density at radius 1 is 0.485 bits per heavy atom. The predicted octanol–water partition coefficient (Wildman–Crippen LogP) is 2.39. The first-order valence-corrected chi connectivity index (χ1v) is 23.8. The Balaban J connectivity index is 0.0000101. The number of ketones is 1. The molecular formula is C50H71GdN11O6. The Kier molecular flexibility index (Phi) is 27.6. The van der Waals surface area contributed by atoms with Gasteiger partial charge in [0.1, 0.15) is 5.78 Å². The SMILES string of the molecule is O=C(O)CCN1CCN(CC(=O)CCCN(CCc2ccccn2)CCc2ccccn2)CCN(CC(=O)O)CCN(CC(=O)NCCN(CCc2ccccn2)CCc2ccccn2)CC1.[Gd]. The van der Waals surface area contributed by atoms with Gasteiger partial charge in [-0.2, -0.15) is 0 Å². The first-order chi connectivity index (χ1) is 32.7. The average molecular weight is 1080 g/mol. The number of hydrogen-bond donors (Lipinski definition) is 3. The molecule has 18 heteroatoms. The third-order valence-corrected chi connectivity index (χ3v) is 12.0. The molecule has 17 nitrogen and oxygen atoms in total. The van der Waals surface area contributed by atoms with Crippen molar-refractivity contribution in [2.75, 3.05) is 124 Å². The van der Waals surface area contributed by atoms with Crippen molar-refractivity contribution < 1.29 is 69.3 Å². The average Bonchev–Trinajstić information content (AvgIpc) is 3.33. The summed E-state index contributed by atoms with van der Waals surface area (Å²) in [6, 6.07) is 23.7. The van der Waals surface area contributed by atoms with Gasteiger partial charge in [0.15, 0.2) is 0 Å². The molecule has 1 aliphatic heterocycles. The maximum Gasteiger partial charge on any atom is 0.317 e. The van der Waals surface area contributed by atoms with Gasteiger partial charge in [0.25, 0.3) is 0 Å². The van der Waals surface area contributed by atoms with Gasteiger partial charge in [-0.3, -0.25) is 53.8 Å². The van der Waals surface area contributed by atoms with E-state index in [-0.39, 0.29) is 77.7 Å². The Hall–Kier alpha value is -4.24. The van der Waals surface area contributed by atoms with E-state index >= 15 is 0 Å². The Morgan fingerprint density at radius 2 is 0.882 bits per heavy atom. The van der Waals surface area contributed by atoms with Crippen LogP contribution < -0.4 is 5.32 Å². The quantitative estimate of drug-likeness (QED) is 0.0751. The second kappa shape index (κ2) is 33.3. The van der Waals surface area contributed by atoms with Crippen LogP contribution in [0.3, 0.4) is 0 Å². The number of amides is 1. The largest absolute Gasteiger partial charge is 0.481 e. The van der Waals surface area contributed by atoms with E-state index in [1.54, 1.807) is 12.4 Å². The molecule has 1 aliphatic rings. The molecule has 0 aromatic carbocycles. The molecule has 0 atom stereocenters. The molecule has 3 N–H and O–H groups in total. The molecule has 0 radical (unpaired) electrons. The second-order valence-electron chi connectivity index (χ2n) is 17.2. The number of carboxylic acid groups (broad SMARTS) is 2. The van der Waals surface area contributed by atoms with Crippen LogP contribution in [0.5, 0.6) is 0 Å². The minimum atomic E-state index is -0.940. The van der Waals surface area contributed by atoms with E-state index in [0.717, 1.165) is 81.2 Å². The van der Waals surface area contributed by atoms with Crippen molar-refractivity contribution in [2.45, 2.75) is 44.9 Å². The molecule has 4 aromatic rings. The number of carbonyl (C=O) groups is 4. The number of nitrogens with zero attached hydrogens (tertiary/aromatic N) is 10. The molecule has 5 heterocycles. The number of aliphatic carboxylic acids is 2. The molecule has 4 aromatic heterocycles. The molecule has 0 unspecified atom stereocenters. The number of carboxylic acids is 2. The van der Waals surface area contributed by atoms with Gasteiger partial charge >= 0.3 is 11.9 Å². The van der Waals surface area contributed by atoms with Crippen molar-refractivity contribution >= 4 is 23.6 Å². The van der Waals surface area contributed by atoms with Gasteiger partial charge in [0, 0.05) is 218 Å². The summed E-state index contributed by atoms with van der Waals surface area (Å²) >= 11 is 0. The van der Waals surface area contributed by atoms with E-state index in [4.69, 9.17) is 0 Å². The number of hydrogen-bond acceptors (Lipinski definition) is 14. The molecule has 1 fully saturated rings. The second-order valence-corrected chi connectivity index (χ2v) is 17.2. The summed E-state index contributed by atoms with van der Waals surface area (Å²) in [4.78, 5) is 81.5. The van der Waals surface area contributed by atoms with Crippen molar-refractivity contribution in [2.24, 2.45) is 0 Å². The number of pyridine rings is 4. The predicted molar refractivity (Wildman–Crippen MR) is 258 cm³/mol. The summed E-state index contributed by atoms with van der Waals surface area (Å²) in [6.45, 7) is 9.41. The van der Waals surface area contributed by atoms with Crippen LogP contribution in [-0.4, -0.2) is 208 Å². The monoisotopic (exact) mass is 1080 g/mol. The van der Waals surface area contributed by atoms with Crippen LogP contribution in [-0.2, 0) is 44.9 Å². The first kappa shape index (κ1) is 56.4. The van der Waals surface area contributed by atoms with E-state index in [9.17, 15) is 29.4 Å². The maximum atomic E-state index is 13.6. The smallest absolute Gasteiger partial charge is 0.317 e. The van der Waals surface area contributed by atoms with E-state index < -0.39 is 11.9 Å². The maximum absolute atomic E-state index is 13.6. The van der Waals surface area contributed by atoms with Crippen molar-refractivity contribution in [3.8, 4) is 0 Å². The Bertz CT molecular complexity index is 1800. The number of Topliss-reactive ketones (excluding diaryl/α,β-unsaturated/α-hetero) is 1. The topological polar surface area (TPSA) is 192 Å². The van der Waals surface area contributed by atoms with Crippen LogP contribution in [0, 0.1) is 39.9 Å². The third kappa shape index (κ3) is 24.4. The van der Waals surface area contributed by atoms with Crippen molar-refractivity contribution in [3.63, 3.8) is 0 Å². The van der Waals surface area contributed by atoms with E-state index in [2.05, 4.69) is 44.9 Å². The zero-order valence-electron chi connectivity index (χ0n) is 39.5. The molecule has 1 amide bonds. The number of aromatic nitrogens is 4. The van der Waals surface area contributed by atoms with E-state index in [1.807, 2.05) is 95.0 Å². The molecule has 5 rings (SSSR count). The van der Waals surface area contributed by atoms with Gasteiger partial charge in [-0.1, -0.05) is 24.3 Å². The zero-order valence-corrected chi connectivity index (χ0v) is 41.7. The fourth-order valence-electron chi connectivity index (χ4n) is 8.11. The van der Waals surface area contributed by atoms with Crippen LogP contribution >= 0.6 is 0 Å². The molecule has 0 bridgehead atoms. The fourth-order valence-corrected chi connectivity index (χ4v) is 8.11. The fraction of sp³-hybridized carbons (Fsp3) is 0.520. The van der Waals surface area contributed by atoms with Crippen molar-refractivity contribution in [1.82, 2.24) is 54.7 Å². The Labute approximate surface area is 434 Å². The van der Waals surface area contributed by atoms with Gasteiger partial charge in [0.2, 0.25) is 5.91 Å². The van der Waals surface area contributed by atoms with Gasteiger partial charge in [0.05, 0.1) is 26.1 Å². The summed E-state index contributed by atoms with van der Waals surface area (Å²) < 4.78 is 0. The number of nitrogens with one attached hydrogen (secondary N) is 1. The Morgan fingerprint density at radius 3 is 1.28 bits per heavy atom. The van der Waals surface area contributed by atoms with Gasteiger partial charge in [-0.25, -0.2) is 0 Å². The first-order valence-electron chi connectivity index (χ1n) is 23.8. The summed E-state index contributed by atoms with van der Waals surface area (Å²) in [7, 11) is 0. The minimum Gasteiger partial charge on any atom is -0.481 e. The molecular weight excluding hydrogens is 1010 g/mol. The summed E-state index contributed by atoms with van der Waals surface area (Å²) in [5, 5.41) is 22.5. The molecule has 1 saturated heterocycles. The molecule has 0 spiro atoms. The van der Waals surface area contributed by atoms with E-state index in [0.29, 0.717) is 84.8 Å². The summed E-state index contributed by atoms with van der Waals surface area (Å²) in [6.07, 6.45) is 11.5. The standard InChI is InChI=1S/C50H71N11O6.Gd/c62-47(14-9-25-56(26-15-43-10-1-5-20-51-43)27-16-44-11-2-6-21-52-44)40-59-34-32-58(30-19-49(64)65)33-35-60(37-39-61(38-36-59)42-50(66)67)41-48(63)55-24-31-57(28-17-45-12-3-7-22-53-45)29-18-46-13-4-8-23-54-46;/h1-8,10-13,20-23H,9,14-19,24-42H2,(H,55,63)(H,64,65)(H,66,67);. The summed E-state index contributed by atoms with van der Waals surface area (Å²) in [5.74, 6) is -1.84. The molecule has 68 heavy (non-hydrogen) atoms. The number of rotatable bonds is 28. The van der Waals surface area contributed by atoms with Gasteiger partial charge < -0.3 is 30.2 Å². The van der Waals surface area contributed by atoms with Crippen LogP contribution in [0.15, 0.2) is 97.6 Å². The van der Waals surface area contributed by atoms with Gasteiger partial charge in [-0.15, -0.1) is 0 Å². The summed E-state index contributed by atoms with van der Waals surface area (Å²) in [5.41, 5.74) is 4.07. The zero-order chi connectivity index (χ0) is 47.3. The normalized spacial score (nSPS) is 14.7. The molecule has 370 valence electrons. The third-order valence-electron chi connectivity index (χ3n) is 12.0. The molecule has 0 aliphatic carbocycles. The van der Waals surface area contributed by atoms with Crippen LogP contribution in [0.2, 0.25) is 0 Å². The van der Waals surface area contributed by atoms with Crippen LogP contribution in [0.25, 0.3) is 0 Å². The van der Waals surface area contributed by atoms with Crippen LogP contribution in [0.1, 0.15) is 42.0 Å².